The Morgan fingerprint density at radius 2 is 1.20 bits per heavy atom. The number of rotatable bonds is 9. The maximum absolute atomic E-state index is 13.1. The second kappa shape index (κ2) is 15.3. The van der Waals surface area contributed by atoms with Crippen molar-refractivity contribution in [2.75, 3.05) is 26.1 Å². The molecule has 0 bridgehead atoms. The lowest BCUT2D eigenvalue weighted by atomic mass is 9.86. The molecular weight excluding hydrogens is 634 g/mol. The van der Waals surface area contributed by atoms with Crippen LogP contribution in [0.3, 0.4) is 0 Å². The van der Waals surface area contributed by atoms with Gasteiger partial charge in [0.05, 0.1) is 42.7 Å². The lowest BCUT2D eigenvalue weighted by molar-refractivity contribution is 0.0525. The largest absolute Gasteiger partial charge is 0.465 e. The summed E-state index contributed by atoms with van der Waals surface area (Å²) in [5.74, 6) is -2.17. The van der Waals surface area contributed by atoms with Gasteiger partial charge in [-0.15, -0.1) is 0 Å². The molecule has 0 radical (unpaired) electrons. The molecule has 2 N–H and O–H groups in total. The van der Waals surface area contributed by atoms with Crippen molar-refractivity contribution in [2.45, 2.75) is 33.6 Å². The minimum atomic E-state index is -0.784. The highest BCUT2D eigenvalue weighted by Crippen LogP contribution is 2.46. The molecule has 0 unspecified atom stereocenters. The third-order valence-corrected chi connectivity index (χ3v) is 8.03. The summed E-state index contributed by atoms with van der Waals surface area (Å²) in [7, 11) is 1.23. The molecule has 0 heterocycles. The Balaban J connectivity index is 2.18. The summed E-state index contributed by atoms with van der Waals surface area (Å²) in [6.07, 6.45) is 0. The normalized spacial score (nSPS) is 10.3. The number of nitrogen functional groups attached to an aromatic ring is 1. The van der Waals surface area contributed by atoms with Gasteiger partial charge >= 0.3 is 17.9 Å². The van der Waals surface area contributed by atoms with Crippen molar-refractivity contribution in [2.24, 2.45) is 0 Å². The van der Waals surface area contributed by atoms with E-state index in [-0.39, 0.29) is 74.9 Å². The Hall–Kier alpha value is -6.95. The zero-order chi connectivity index (χ0) is 36.7. The SMILES string of the molecule is CCOC(=O)c1c2ccc(C(=C(C#N)C#N)C(=C(C#N)C#N)c3cc(C(=O)OC)c4cc(C(C)C)cccc3-4)ccc-2c(C(=O)OCC)c1N. The highest BCUT2D eigenvalue weighted by atomic mass is 16.5. The van der Waals surface area contributed by atoms with Crippen LogP contribution in [-0.2, 0) is 14.2 Å². The Morgan fingerprint density at radius 3 is 1.66 bits per heavy atom. The van der Waals surface area contributed by atoms with Gasteiger partial charge in [-0.2, -0.15) is 21.0 Å². The van der Waals surface area contributed by atoms with E-state index in [4.69, 9.17) is 19.9 Å². The maximum atomic E-state index is 13.1. The van der Waals surface area contributed by atoms with Gasteiger partial charge in [0.2, 0.25) is 0 Å². The summed E-state index contributed by atoms with van der Waals surface area (Å²) in [5.41, 5.74) is 7.69. The molecular formula is C39H31N5O6. The number of hydrogen-bond donors (Lipinski definition) is 1. The van der Waals surface area contributed by atoms with E-state index in [2.05, 4.69) is 0 Å². The van der Waals surface area contributed by atoms with Crippen LogP contribution in [-0.4, -0.2) is 38.2 Å². The van der Waals surface area contributed by atoms with Crippen LogP contribution in [0.25, 0.3) is 33.4 Å². The van der Waals surface area contributed by atoms with Gasteiger partial charge in [-0.25, -0.2) is 14.4 Å². The van der Waals surface area contributed by atoms with E-state index < -0.39 is 29.1 Å². The molecule has 0 spiro atoms. The van der Waals surface area contributed by atoms with Gasteiger partial charge < -0.3 is 19.9 Å². The molecule has 0 atom stereocenters. The number of ether oxygens (including phenoxy) is 3. The number of nitriles is 4. The molecule has 0 aliphatic heterocycles. The number of esters is 3. The zero-order valence-electron chi connectivity index (χ0n) is 28.0. The molecule has 4 aliphatic carbocycles. The number of hydrogen-bond acceptors (Lipinski definition) is 11. The predicted molar refractivity (Wildman–Crippen MR) is 184 cm³/mol. The van der Waals surface area contributed by atoms with Crippen molar-refractivity contribution in [1.29, 1.82) is 21.0 Å². The molecule has 0 saturated heterocycles. The number of carbonyl (C=O) groups excluding carboxylic acids is 3. The second-order valence-corrected chi connectivity index (χ2v) is 11.1. The summed E-state index contributed by atoms with van der Waals surface area (Å²) in [6, 6.07) is 22.0. The van der Waals surface area contributed by atoms with Crippen molar-refractivity contribution < 1.29 is 28.6 Å². The van der Waals surface area contributed by atoms with Crippen molar-refractivity contribution in [3.63, 3.8) is 0 Å². The molecule has 0 aromatic heterocycles. The number of methoxy groups -OCH3 is 1. The lowest BCUT2D eigenvalue weighted by Gasteiger charge is -2.14. The average molecular weight is 666 g/mol. The van der Waals surface area contributed by atoms with E-state index in [1.165, 1.54) is 37.4 Å². The Bertz CT molecular complexity index is 2130. The molecule has 248 valence electrons. The number of nitrogens with two attached hydrogens (primary N) is 1. The van der Waals surface area contributed by atoms with Crippen LogP contribution >= 0.6 is 0 Å². The molecule has 4 rings (SSSR count). The standard InChI is InChI=1S/C39H31N5O6/c1-6-49-38(46)34-27-13-11-22(12-14-28(27)35(36(34)44)39(47)50-7-2)32(24(17-40)18-41)33(25(19-42)20-43)30-16-31(37(45)48-5)29-15-23(21(3)4)9-8-10-26(29)30/h8-16,21H,6-7,44H2,1-5H3. The number of nitrogens with zero attached hydrogens (tertiary/aromatic N) is 4. The van der Waals surface area contributed by atoms with Gasteiger partial charge in [-0.3, -0.25) is 0 Å². The third kappa shape index (κ3) is 6.45. The summed E-state index contributed by atoms with van der Waals surface area (Å²) in [4.78, 5) is 39.3. The minimum absolute atomic E-state index is 0.0291. The molecule has 11 heteroatoms. The number of allylic oxidation sites excluding steroid dienone is 4. The van der Waals surface area contributed by atoms with Gasteiger partial charge in [0.25, 0.3) is 0 Å². The first-order chi connectivity index (χ1) is 24.0. The van der Waals surface area contributed by atoms with E-state index in [0.29, 0.717) is 11.1 Å². The minimum Gasteiger partial charge on any atom is -0.465 e. The summed E-state index contributed by atoms with van der Waals surface area (Å²) >= 11 is 0. The van der Waals surface area contributed by atoms with Crippen molar-refractivity contribution in [3.8, 4) is 46.5 Å². The molecule has 4 aliphatic rings. The van der Waals surface area contributed by atoms with E-state index in [1.807, 2.05) is 50.3 Å². The molecule has 0 fully saturated rings. The first kappa shape index (κ1) is 35.9. The number of carbonyl (C=O) groups is 3. The fourth-order valence-corrected chi connectivity index (χ4v) is 5.77. The average Bonchev–Trinajstić information content (AvgIpc) is 3.36. The van der Waals surface area contributed by atoms with Gasteiger partial charge in [0.1, 0.15) is 35.4 Å². The van der Waals surface area contributed by atoms with Crippen LogP contribution in [0, 0.1) is 45.3 Å². The van der Waals surface area contributed by atoms with E-state index in [1.54, 1.807) is 26.0 Å². The molecule has 0 saturated carbocycles. The van der Waals surface area contributed by atoms with Gasteiger partial charge in [-0.05, 0) is 64.8 Å². The summed E-state index contributed by atoms with van der Waals surface area (Å²) < 4.78 is 15.5. The quantitative estimate of drug-likeness (QED) is 0.0831. The first-order valence-corrected chi connectivity index (χ1v) is 15.5. The zero-order valence-corrected chi connectivity index (χ0v) is 28.0. The molecule has 11 nitrogen and oxygen atoms in total. The van der Waals surface area contributed by atoms with Crippen LogP contribution < -0.4 is 5.73 Å². The summed E-state index contributed by atoms with van der Waals surface area (Å²) in [5, 5.41) is 41.0. The smallest absolute Gasteiger partial charge is 0.340 e. The van der Waals surface area contributed by atoms with Gasteiger partial charge in [-0.1, -0.05) is 62.4 Å². The Labute approximate surface area is 289 Å². The lowest BCUT2D eigenvalue weighted by Crippen LogP contribution is -2.09. The van der Waals surface area contributed by atoms with Crippen LogP contribution in [0.4, 0.5) is 5.69 Å². The predicted octanol–water partition coefficient (Wildman–Crippen LogP) is 7.04. The maximum Gasteiger partial charge on any atom is 0.340 e. The van der Waals surface area contributed by atoms with E-state index >= 15 is 0 Å². The third-order valence-electron chi connectivity index (χ3n) is 8.03. The van der Waals surface area contributed by atoms with E-state index in [0.717, 1.165) is 5.56 Å². The molecule has 0 aromatic carbocycles. The Morgan fingerprint density at radius 1 is 0.680 bits per heavy atom. The monoisotopic (exact) mass is 665 g/mol. The van der Waals surface area contributed by atoms with Crippen molar-refractivity contribution in [3.05, 3.63) is 99.1 Å². The van der Waals surface area contributed by atoms with Gasteiger partial charge in [0.15, 0.2) is 0 Å². The second-order valence-electron chi connectivity index (χ2n) is 11.1. The van der Waals surface area contributed by atoms with Gasteiger partial charge in [0, 0.05) is 11.1 Å². The topological polar surface area (TPSA) is 200 Å². The van der Waals surface area contributed by atoms with Crippen molar-refractivity contribution in [1.82, 2.24) is 0 Å². The molecule has 50 heavy (non-hydrogen) atoms. The highest BCUT2D eigenvalue weighted by molar-refractivity contribution is 6.17. The molecule has 0 aromatic rings. The Kier molecular flexibility index (Phi) is 11.0. The van der Waals surface area contributed by atoms with Crippen LogP contribution in [0.2, 0.25) is 0 Å². The van der Waals surface area contributed by atoms with Crippen molar-refractivity contribution >= 4 is 34.7 Å². The molecule has 0 amide bonds. The fraction of sp³-hybridized carbons (Fsp3) is 0.205. The first-order valence-electron chi connectivity index (χ1n) is 15.5. The van der Waals surface area contributed by atoms with Crippen LogP contribution in [0.5, 0.6) is 0 Å². The van der Waals surface area contributed by atoms with Crippen LogP contribution in [0.15, 0.2) is 65.7 Å². The van der Waals surface area contributed by atoms with Crippen LogP contribution in [0.1, 0.15) is 81.4 Å². The number of fused-ring (bicyclic) bond motifs is 2. The number of anilines is 1. The highest BCUT2D eigenvalue weighted by Gasteiger charge is 2.32. The fourth-order valence-electron chi connectivity index (χ4n) is 5.77. The van der Waals surface area contributed by atoms with E-state index in [9.17, 15) is 35.4 Å². The summed E-state index contributed by atoms with van der Waals surface area (Å²) in [6.45, 7) is 7.26.